The zero-order valence-corrected chi connectivity index (χ0v) is 19.3. The van der Waals surface area contributed by atoms with Gasteiger partial charge in [-0.1, -0.05) is 12.1 Å². The first-order chi connectivity index (χ1) is 15.5. The van der Waals surface area contributed by atoms with Crippen LogP contribution in [-0.2, 0) is 0 Å². The van der Waals surface area contributed by atoms with Gasteiger partial charge in [0.2, 0.25) is 5.75 Å². The minimum Gasteiger partial charge on any atom is -0.490 e. The van der Waals surface area contributed by atoms with Crippen molar-refractivity contribution in [2.24, 2.45) is 0 Å². The van der Waals surface area contributed by atoms with Crippen molar-refractivity contribution >= 4 is 17.5 Å². The molecular formula is C25H32N2O5. The van der Waals surface area contributed by atoms with Crippen LogP contribution in [0, 0.1) is 6.92 Å². The topological polar surface area (TPSA) is 77.1 Å². The van der Waals surface area contributed by atoms with Crippen molar-refractivity contribution < 1.29 is 23.8 Å². The smallest absolute Gasteiger partial charge is 0.256 e. The number of nitrogens with one attached hydrogen (secondary N) is 1. The minimum atomic E-state index is -0.351. The first-order valence-electron chi connectivity index (χ1n) is 11.3. The van der Waals surface area contributed by atoms with Crippen molar-refractivity contribution in [3.05, 3.63) is 47.0 Å². The minimum absolute atomic E-state index is 0.0485. The Morgan fingerprint density at radius 3 is 2.09 bits per heavy atom. The van der Waals surface area contributed by atoms with E-state index in [-0.39, 0.29) is 11.8 Å². The molecule has 1 N–H and O–H groups in total. The lowest BCUT2D eigenvalue weighted by Gasteiger charge is -2.20. The van der Waals surface area contributed by atoms with Crippen LogP contribution >= 0.6 is 0 Å². The van der Waals surface area contributed by atoms with Crippen molar-refractivity contribution in [1.82, 2.24) is 4.90 Å². The molecule has 0 aromatic heterocycles. The largest absolute Gasteiger partial charge is 0.490 e. The predicted octanol–water partition coefficient (Wildman–Crippen LogP) is 4.68. The quantitative estimate of drug-likeness (QED) is 0.613. The number of carbonyl (C=O) groups excluding carboxylic acids is 2. The summed E-state index contributed by atoms with van der Waals surface area (Å²) in [6.45, 7) is 10.3. The van der Waals surface area contributed by atoms with Crippen LogP contribution in [0.15, 0.2) is 30.3 Å². The lowest BCUT2D eigenvalue weighted by atomic mass is 10.0. The molecule has 0 radical (unpaired) electrons. The van der Waals surface area contributed by atoms with Gasteiger partial charge in [0.1, 0.15) is 0 Å². The van der Waals surface area contributed by atoms with E-state index in [1.807, 2.05) is 44.7 Å². The number of ether oxygens (including phenoxy) is 3. The van der Waals surface area contributed by atoms with Crippen LogP contribution < -0.4 is 19.5 Å². The van der Waals surface area contributed by atoms with Crippen molar-refractivity contribution in [2.75, 3.05) is 38.2 Å². The number of aryl methyl sites for hydroxylation is 1. The lowest BCUT2D eigenvalue weighted by Crippen LogP contribution is -2.29. The van der Waals surface area contributed by atoms with Gasteiger partial charge in [-0.05, 0) is 64.3 Å². The van der Waals surface area contributed by atoms with E-state index in [1.54, 1.807) is 18.2 Å². The lowest BCUT2D eigenvalue weighted by molar-refractivity contribution is 0.0793. The number of hydrogen-bond donors (Lipinski definition) is 1. The van der Waals surface area contributed by atoms with E-state index in [9.17, 15) is 9.59 Å². The number of likely N-dealkylation sites (tertiary alicyclic amines) is 1. The number of benzene rings is 2. The number of rotatable bonds is 9. The summed E-state index contributed by atoms with van der Waals surface area (Å²) in [5.41, 5.74) is 2.22. The monoisotopic (exact) mass is 440 g/mol. The van der Waals surface area contributed by atoms with E-state index >= 15 is 0 Å². The van der Waals surface area contributed by atoms with Crippen molar-refractivity contribution in [3.8, 4) is 17.2 Å². The molecule has 0 bridgehead atoms. The van der Waals surface area contributed by atoms with Crippen LogP contribution in [-0.4, -0.2) is 49.6 Å². The fourth-order valence-electron chi connectivity index (χ4n) is 3.85. The normalized spacial score (nSPS) is 13.1. The second kappa shape index (κ2) is 10.9. The molecule has 0 unspecified atom stereocenters. The molecule has 7 heteroatoms. The Bertz CT molecular complexity index is 940. The summed E-state index contributed by atoms with van der Waals surface area (Å²) in [5, 5.41) is 2.92. The average molecular weight is 441 g/mol. The number of amides is 2. The highest BCUT2D eigenvalue weighted by atomic mass is 16.5. The Morgan fingerprint density at radius 1 is 0.938 bits per heavy atom. The molecule has 2 aromatic carbocycles. The summed E-state index contributed by atoms with van der Waals surface area (Å²) < 4.78 is 17.2. The maximum atomic E-state index is 13.2. The number of hydrogen-bond acceptors (Lipinski definition) is 5. The Balaban J connectivity index is 1.95. The van der Waals surface area contributed by atoms with Crippen LogP contribution in [0.3, 0.4) is 0 Å². The number of nitrogens with zero attached hydrogens (tertiary/aromatic N) is 1. The zero-order chi connectivity index (χ0) is 23.1. The second-order valence-corrected chi connectivity index (χ2v) is 7.55. The number of carbonyl (C=O) groups is 2. The predicted molar refractivity (Wildman–Crippen MR) is 124 cm³/mol. The summed E-state index contributed by atoms with van der Waals surface area (Å²) in [6.07, 6.45) is 2.01. The molecule has 32 heavy (non-hydrogen) atoms. The summed E-state index contributed by atoms with van der Waals surface area (Å²) in [4.78, 5) is 28.2. The molecule has 3 rings (SSSR count). The first-order valence-corrected chi connectivity index (χ1v) is 11.3. The van der Waals surface area contributed by atoms with Crippen LogP contribution in [0.25, 0.3) is 0 Å². The Kier molecular flexibility index (Phi) is 7.98. The maximum Gasteiger partial charge on any atom is 0.256 e. The van der Waals surface area contributed by atoms with Crippen molar-refractivity contribution in [2.45, 2.75) is 40.5 Å². The maximum absolute atomic E-state index is 13.2. The fraction of sp³-hybridized carbons (Fsp3) is 0.440. The SMILES string of the molecule is CCOc1cc(C(=O)Nc2cccc(C)c2C(=O)N2CCCC2)cc(OCC)c1OCC. The number of anilines is 1. The van der Waals surface area contributed by atoms with Crippen LogP contribution in [0.1, 0.15) is 59.9 Å². The molecule has 0 atom stereocenters. The molecule has 7 nitrogen and oxygen atoms in total. The molecule has 1 saturated heterocycles. The molecule has 1 heterocycles. The van der Waals surface area contributed by atoms with Gasteiger partial charge in [0, 0.05) is 18.7 Å². The van der Waals surface area contributed by atoms with E-state index in [4.69, 9.17) is 14.2 Å². The molecule has 0 aliphatic carbocycles. The van der Waals surface area contributed by atoms with Crippen LogP contribution in [0.4, 0.5) is 5.69 Å². The van der Waals surface area contributed by atoms with E-state index in [1.165, 1.54) is 0 Å². The van der Waals surface area contributed by atoms with E-state index in [0.717, 1.165) is 31.5 Å². The van der Waals surface area contributed by atoms with Crippen LogP contribution in [0.5, 0.6) is 17.2 Å². The van der Waals surface area contributed by atoms with Gasteiger partial charge in [-0.15, -0.1) is 0 Å². The molecule has 172 valence electrons. The average Bonchev–Trinajstić information content (AvgIpc) is 3.31. The molecule has 1 fully saturated rings. The molecular weight excluding hydrogens is 408 g/mol. The van der Waals surface area contributed by atoms with Gasteiger partial charge in [0.15, 0.2) is 11.5 Å². The van der Waals surface area contributed by atoms with Gasteiger partial charge in [0.25, 0.3) is 11.8 Å². The third-order valence-corrected chi connectivity index (χ3v) is 5.30. The van der Waals surface area contributed by atoms with Gasteiger partial charge in [-0.2, -0.15) is 0 Å². The molecule has 2 amide bonds. The molecule has 1 aliphatic rings. The molecule has 2 aromatic rings. The van der Waals surface area contributed by atoms with Gasteiger partial charge < -0.3 is 24.4 Å². The highest BCUT2D eigenvalue weighted by Gasteiger charge is 2.25. The summed E-state index contributed by atoms with van der Waals surface area (Å²) >= 11 is 0. The van der Waals surface area contributed by atoms with Crippen molar-refractivity contribution in [3.63, 3.8) is 0 Å². The summed E-state index contributed by atoms with van der Waals surface area (Å²) in [6, 6.07) is 8.77. The molecule has 0 saturated carbocycles. The van der Waals surface area contributed by atoms with E-state index < -0.39 is 0 Å². The standard InChI is InChI=1S/C25H32N2O5/c1-5-30-20-15-18(16-21(31-6-2)23(20)32-7-3)24(28)26-19-12-10-11-17(4)22(19)25(29)27-13-8-9-14-27/h10-12,15-16H,5-9,13-14H2,1-4H3,(H,26,28). The van der Waals surface area contributed by atoms with Crippen LogP contribution in [0.2, 0.25) is 0 Å². The third-order valence-electron chi connectivity index (χ3n) is 5.30. The highest BCUT2D eigenvalue weighted by Crippen LogP contribution is 2.39. The third kappa shape index (κ3) is 5.15. The van der Waals surface area contributed by atoms with E-state index in [0.29, 0.717) is 53.9 Å². The zero-order valence-electron chi connectivity index (χ0n) is 19.3. The Hall–Kier alpha value is -3.22. The van der Waals surface area contributed by atoms with E-state index in [2.05, 4.69) is 5.32 Å². The van der Waals surface area contributed by atoms with Gasteiger partial charge in [-0.25, -0.2) is 0 Å². The highest BCUT2D eigenvalue weighted by molar-refractivity contribution is 6.10. The van der Waals surface area contributed by atoms with Crippen molar-refractivity contribution in [1.29, 1.82) is 0 Å². The first kappa shape index (κ1) is 23.4. The van der Waals surface area contributed by atoms with Gasteiger partial charge in [-0.3, -0.25) is 9.59 Å². The fourth-order valence-corrected chi connectivity index (χ4v) is 3.85. The Morgan fingerprint density at radius 2 is 1.53 bits per heavy atom. The second-order valence-electron chi connectivity index (χ2n) is 7.55. The molecule has 0 spiro atoms. The molecule has 1 aliphatic heterocycles. The summed E-state index contributed by atoms with van der Waals surface area (Å²) in [7, 11) is 0. The Labute approximate surface area is 189 Å². The van der Waals surface area contributed by atoms with Gasteiger partial charge >= 0.3 is 0 Å². The summed E-state index contributed by atoms with van der Waals surface area (Å²) in [5.74, 6) is 0.975. The van der Waals surface area contributed by atoms with Gasteiger partial charge in [0.05, 0.1) is 31.1 Å².